The first-order valence-corrected chi connectivity index (χ1v) is 9.73. The van der Waals surface area contributed by atoms with Crippen molar-refractivity contribution in [2.45, 2.75) is 13.1 Å². The largest absolute Gasteiger partial charge is 0.436 e. The molecule has 0 bridgehead atoms. The molecular weight excluding hydrogens is 411 g/mol. The minimum Gasteiger partial charge on any atom is -0.436 e. The fourth-order valence-electron chi connectivity index (χ4n) is 2.80. The zero-order valence-corrected chi connectivity index (χ0v) is 16.6. The zero-order chi connectivity index (χ0) is 20.9. The van der Waals surface area contributed by atoms with Crippen LogP contribution in [-0.4, -0.2) is 33.2 Å². The summed E-state index contributed by atoms with van der Waals surface area (Å²) >= 11 is 1.15. The topological polar surface area (TPSA) is 102 Å². The molecule has 154 valence electrons. The lowest BCUT2D eigenvalue weighted by atomic mass is 10.1. The Morgan fingerprint density at radius 2 is 2.23 bits per heavy atom. The molecule has 0 unspecified atom stereocenters. The molecule has 0 spiro atoms. The number of amides is 1. The predicted molar refractivity (Wildman–Crippen MR) is 108 cm³/mol. The van der Waals surface area contributed by atoms with E-state index in [1.165, 1.54) is 17.3 Å². The van der Waals surface area contributed by atoms with E-state index in [4.69, 9.17) is 9.47 Å². The highest BCUT2D eigenvalue weighted by Crippen LogP contribution is 2.31. The number of rotatable bonds is 7. The lowest BCUT2D eigenvalue weighted by Crippen LogP contribution is -2.37. The van der Waals surface area contributed by atoms with Gasteiger partial charge in [0, 0.05) is 36.0 Å². The summed E-state index contributed by atoms with van der Waals surface area (Å²) in [6.07, 6.45) is 2.44. The van der Waals surface area contributed by atoms with E-state index < -0.39 is 11.9 Å². The van der Waals surface area contributed by atoms with Gasteiger partial charge in [0.1, 0.15) is 5.69 Å². The molecule has 0 saturated heterocycles. The van der Waals surface area contributed by atoms with Gasteiger partial charge < -0.3 is 14.2 Å². The second-order valence-corrected chi connectivity index (χ2v) is 7.01. The monoisotopic (exact) mass is 428 g/mol. The highest BCUT2D eigenvalue weighted by Gasteiger charge is 2.27. The molecule has 2 N–H and O–H groups in total. The van der Waals surface area contributed by atoms with Crippen molar-refractivity contribution in [2.75, 3.05) is 11.8 Å². The number of hydrogen-bond donors (Lipinski definition) is 2. The third-order valence-corrected chi connectivity index (χ3v) is 4.70. The van der Waals surface area contributed by atoms with Crippen LogP contribution in [0.2, 0.25) is 0 Å². The lowest BCUT2D eigenvalue weighted by Gasteiger charge is -2.27. The van der Waals surface area contributed by atoms with E-state index in [-0.39, 0.29) is 13.1 Å². The Kier molecular flexibility index (Phi) is 5.91. The maximum atomic E-state index is 14.7. The van der Waals surface area contributed by atoms with E-state index in [0.29, 0.717) is 34.3 Å². The number of nitrogens with one attached hydrogen (secondary N) is 2. The van der Waals surface area contributed by atoms with Gasteiger partial charge in [-0.2, -0.15) is 5.10 Å². The Morgan fingerprint density at radius 1 is 1.33 bits per heavy atom. The van der Waals surface area contributed by atoms with E-state index in [2.05, 4.69) is 24.6 Å². The summed E-state index contributed by atoms with van der Waals surface area (Å²) in [5.41, 5.74) is 1.22. The number of carbonyl (C=O) groups excluding carboxylic acids is 1. The molecule has 3 heterocycles. The van der Waals surface area contributed by atoms with Gasteiger partial charge >= 0.3 is 6.09 Å². The standard InChI is InChI=1S/C19H17FN6O3S/c1-21-30-25-14-5-2-4-12(18(14)20)10-26-11-15-16(29-19(26)27)8-13(9-22-15)28-17-6-3-7-23-24-17/h2-9,21,25H,10-11H2,1H3. The van der Waals surface area contributed by atoms with E-state index in [1.807, 2.05) is 0 Å². The van der Waals surface area contributed by atoms with Crippen molar-refractivity contribution in [3.8, 4) is 17.4 Å². The van der Waals surface area contributed by atoms with E-state index >= 15 is 0 Å². The number of aromatic nitrogens is 3. The predicted octanol–water partition coefficient (Wildman–Crippen LogP) is 3.51. The summed E-state index contributed by atoms with van der Waals surface area (Å²) in [4.78, 5) is 18.2. The SMILES string of the molecule is CNSNc1cccc(CN2Cc3ncc(Oc4cccnn4)cc3OC2=O)c1F. The molecule has 11 heteroatoms. The van der Waals surface area contributed by atoms with Crippen molar-refractivity contribution in [1.29, 1.82) is 0 Å². The van der Waals surface area contributed by atoms with Crippen LogP contribution in [0.15, 0.2) is 48.8 Å². The van der Waals surface area contributed by atoms with E-state index in [0.717, 1.165) is 12.1 Å². The molecule has 3 aromatic rings. The average molecular weight is 428 g/mol. The molecule has 0 aliphatic carbocycles. The van der Waals surface area contributed by atoms with Crippen molar-refractivity contribution < 1.29 is 18.7 Å². The van der Waals surface area contributed by atoms with Crippen LogP contribution >= 0.6 is 12.1 Å². The average Bonchev–Trinajstić information content (AvgIpc) is 2.75. The van der Waals surface area contributed by atoms with Crippen LogP contribution in [0.5, 0.6) is 17.4 Å². The fraction of sp³-hybridized carbons (Fsp3) is 0.158. The van der Waals surface area contributed by atoms with Crippen LogP contribution in [0.4, 0.5) is 14.9 Å². The first kappa shape index (κ1) is 19.9. The quantitative estimate of drug-likeness (QED) is 0.547. The lowest BCUT2D eigenvalue weighted by molar-refractivity contribution is 0.133. The molecule has 0 saturated carbocycles. The molecule has 1 amide bonds. The molecule has 1 aromatic carbocycles. The Labute approximate surface area is 175 Å². The number of carbonyl (C=O) groups is 1. The second kappa shape index (κ2) is 8.93. The summed E-state index contributed by atoms with van der Waals surface area (Å²) in [5.74, 6) is 0.518. The van der Waals surface area contributed by atoms with Gasteiger partial charge in [0.25, 0.3) is 0 Å². The number of halogens is 1. The third-order valence-electron chi connectivity index (χ3n) is 4.17. The molecule has 0 radical (unpaired) electrons. The van der Waals surface area contributed by atoms with Crippen LogP contribution < -0.4 is 18.9 Å². The Bertz CT molecular complexity index is 1060. The van der Waals surface area contributed by atoms with Crippen LogP contribution in [0.1, 0.15) is 11.3 Å². The summed E-state index contributed by atoms with van der Waals surface area (Å²) in [7, 11) is 1.72. The fourth-order valence-corrected chi connectivity index (χ4v) is 3.17. The number of anilines is 1. The highest BCUT2D eigenvalue weighted by atomic mass is 32.2. The molecule has 9 nitrogen and oxygen atoms in total. The molecule has 2 aromatic heterocycles. The highest BCUT2D eigenvalue weighted by molar-refractivity contribution is 7.98. The van der Waals surface area contributed by atoms with Crippen LogP contribution in [0, 0.1) is 5.82 Å². The molecule has 4 rings (SSSR count). The van der Waals surface area contributed by atoms with Gasteiger partial charge in [-0.15, -0.1) is 5.10 Å². The second-order valence-electron chi connectivity index (χ2n) is 6.19. The van der Waals surface area contributed by atoms with Gasteiger partial charge in [-0.05, 0) is 19.2 Å². The van der Waals surface area contributed by atoms with Crippen LogP contribution in [0.3, 0.4) is 0 Å². The van der Waals surface area contributed by atoms with E-state index in [9.17, 15) is 9.18 Å². The van der Waals surface area contributed by atoms with Gasteiger partial charge in [0.2, 0.25) is 5.88 Å². The van der Waals surface area contributed by atoms with Crippen LogP contribution in [-0.2, 0) is 13.1 Å². The van der Waals surface area contributed by atoms with Gasteiger partial charge in [-0.1, -0.05) is 12.1 Å². The minimum atomic E-state index is -0.594. The van der Waals surface area contributed by atoms with Crippen molar-refractivity contribution in [3.63, 3.8) is 0 Å². The van der Waals surface area contributed by atoms with Crippen molar-refractivity contribution in [1.82, 2.24) is 24.8 Å². The smallest absolute Gasteiger partial charge is 0.415 e. The number of nitrogens with zero attached hydrogens (tertiary/aromatic N) is 4. The van der Waals surface area contributed by atoms with Gasteiger partial charge in [0.15, 0.2) is 17.3 Å². The summed E-state index contributed by atoms with van der Waals surface area (Å²) in [6, 6.07) is 9.85. The third kappa shape index (κ3) is 4.42. The number of fused-ring (bicyclic) bond motifs is 1. The molecular formula is C19H17FN6O3S. The molecule has 1 aliphatic rings. The van der Waals surface area contributed by atoms with Crippen molar-refractivity contribution >= 4 is 23.9 Å². The summed E-state index contributed by atoms with van der Waals surface area (Å²) in [6.45, 7) is 0.228. The Hall–Kier alpha value is -3.44. The van der Waals surface area contributed by atoms with Crippen LogP contribution in [0.25, 0.3) is 0 Å². The zero-order valence-electron chi connectivity index (χ0n) is 15.8. The number of ether oxygens (including phenoxy) is 2. The Balaban J connectivity index is 1.48. The normalized spacial score (nSPS) is 12.9. The first-order valence-electron chi connectivity index (χ1n) is 8.91. The molecule has 0 fully saturated rings. The van der Waals surface area contributed by atoms with Crippen molar-refractivity contribution in [3.05, 3.63) is 65.9 Å². The molecule has 1 aliphatic heterocycles. The molecule has 0 atom stereocenters. The van der Waals surface area contributed by atoms with Crippen molar-refractivity contribution in [2.24, 2.45) is 0 Å². The Morgan fingerprint density at radius 3 is 3.03 bits per heavy atom. The van der Waals surface area contributed by atoms with Gasteiger partial charge in [-0.25, -0.2) is 13.9 Å². The summed E-state index contributed by atoms with van der Waals surface area (Å²) < 4.78 is 31.3. The molecule has 30 heavy (non-hydrogen) atoms. The maximum Gasteiger partial charge on any atom is 0.415 e. The number of pyridine rings is 1. The maximum absolute atomic E-state index is 14.7. The number of benzene rings is 1. The van der Waals surface area contributed by atoms with Gasteiger partial charge in [-0.3, -0.25) is 9.88 Å². The summed E-state index contributed by atoms with van der Waals surface area (Å²) in [5, 5.41) is 7.56. The first-order chi connectivity index (χ1) is 14.6. The minimum absolute atomic E-state index is 0.0450. The van der Waals surface area contributed by atoms with Gasteiger partial charge in [0.05, 0.1) is 25.0 Å². The number of hydrogen-bond acceptors (Lipinski definition) is 9. The van der Waals surface area contributed by atoms with E-state index in [1.54, 1.807) is 43.4 Å².